The van der Waals surface area contributed by atoms with E-state index >= 15 is 0 Å². The summed E-state index contributed by atoms with van der Waals surface area (Å²) in [5.41, 5.74) is -0.145. The largest absolute Gasteiger partial charge is 0.365 e. The first-order valence-electron chi connectivity index (χ1n) is 6.12. The third-order valence-corrected chi connectivity index (χ3v) is 2.53. The zero-order chi connectivity index (χ0) is 11.6. The van der Waals surface area contributed by atoms with Crippen molar-refractivity contribution in [2.45, 2.75) is 45.4 Å². The molecule has 2 N–H and O–H groups in total. The Hall–Kier alpha value is -1.32. The van der Waals surface area contributed by atoms with Crippen molar-refractivity contribution in [1.29, 1.82) is 0 Å². The quantitative estimate of drug-likeness (QED) is 0.666. The third kappa shape index (κ3) is 4.96. The molecular formula is C12H21N3O. The lowest BCUT2D eigenvalue weighted by Crippen LogP contribution is -2.15. The van der Waals surface area contributed by atoms with Crippen LogP contribution < -0.4 is 10.9 Å². The number of hydrogen-bond donors (Lipinski definition) is 2. The SMILES string of the molecule is CCCCCCCCNc1ncc[nH]c1=O. The van der Waals surface area contributed by atoms with Gasteiger partial charge in [-0.15, -0.1) is 0 Å². The van der Waals surface area contributed by atoms with Gasteiger partial charge in [0.2, 0.25) is 0 Å². The minimum Gasteiger partial charge on any atom is -0.365 e. The van der Waals surface area contributed by atoms with E-state index in [9.17, 15) is 4.79 Å². The van der Waals surface area contributed by atoms with E-state index in [4.69, 9.17) is 0 Å². The molecule has 0 aliphatic rings. The van der Waals surface area contributed by atoms with Crippen molar-refractivity contribution in [2.75, 3.05) is 11.9 Å². The highest BCUT2D eigenvalue weighted by molar-refractivity contribution is 5.29. The maximum absolute atomic E-state index is 11.2. The Morgan fingerprint density at radius 3 is 2.75 bits per heavy atom. The van der Waals surface area contributed by atoms with E-state index < -0.39 is 0 Å². The fourth-order valence-corrected chi connectivity index (χ4v) is 1.59. The van der Waals surface area contributed by atoms with E-state index in [-0.39, 0.29) is 5.56 Å². The minimum atomic E-state index is -0.145. The van der Waals surface area contributed by atoms with Crippen LogP contribution >= 0.6 is 0 Å². The zero-order valence-corrected chi connectivity index (χ0v) is 9.96. The van der Waals surface area contributed by atoms with E-state index in [0.29, 0.717) is 5.82 Å². The molecule has 0 bridgehead atoms. The van der Waals surface area contributed by atoms with Gasteiger partial charge in [0.1, 0.15) is 0 Å². The average molecular weight is 223 g/mol. The molecule has 1 aromatic heterocycles. The van der Waals surface area contributed by atoms with Crippen LogP contribution in [0.25, 0.3) is 0 Å². The van der Waals surface area contributed by atoms with Gasteiger partial charge in [0.05, 0.1) is 0 Å². The summed E-state index contributed by atoms with van der Waals surface area (Å²) in [7, 11) is 0. The maximum Gasteiger partial charge on any atom is 0.290 e. The number of H-pyrrole nitrogens is 1. The number of hydrogen-bond acceptors (Lipinski definition) is 3. The number of nitrogens with one attached hydrogen (secondary N) is 2. The van der Waals surface area contributed by atoms with Crippen LogP contribution in [0.2, 0.25) is 0 Å². The molecule has 1 aromatic rings. The number of aromatic nitrogens is 2. The van der Waals surface area contributed by atoms with Gasteiger partial charge < -0.3 is 10.3 Å². The van der Waals surface area contributed by atoms with Gasteiger partial charge in [-0.2, -0.15) is 0 Å². The van der Waals surface area contributed by atoms with Crippen molar-refractivity contribution in [1.82, 2.24) is 9.97 Å². The average Bonchev–Trinajstić information content (AvgIpc) is 2.30. The van der Waals surface area contributed by atoms with Crippen molar-refractivity contribution in [3.8, 4) is 0 Å². The van der Waals surface area contributed by atoms with Crippen LogP contribution in [0.1, 0.15) is 45.4 Å². The van der Waals surface area contributed by atoms with E-state index in [1.165, 1.54) is 38.3 Å². The molecule has 0 unspecified atom stereocenters. The Labute approximate surface area is 96.5 Å². The van der Waals surface area contributed by atoms with Crippen molar-refractivity contribution in [3.63, 3.8) is 0 Å². The Kier molecular flexibility index (Phi) is 6.30. The standard InChI is InChI=1S/C12H21N3O/c1-2-3-4-5-6-7-8-13-11-12(16)15-10-9-14-11/h9-10H,2-8H2,1H3,(H,13,14)(H,15,16). The molecule has 0 fully saturated rings. The Morgan fingerprint density at radius 1 is 1.25 bits per heavy atom. The minimum absolute atomic E-state index is 0.145. The van der Waals surface area contributed by atoms with Gasteiger partial charge in [-0.05, 0) is 6.42 Å². The molecule has 16 heavy (non-hydrogen) atoms. The molecule has 0 saturated carbocycles. The predicted molar refractivity (Wildman–Crippen MR) is 66.7 cm³/mol. The Morgan fingerprint density at radius 2 is 2.00 bits per heavy atom. The highest BCUT2D eigenvalue weighted by atomic mass is 16.1. The van der Waals surface area contributed by atoms with Crippen LogP contribution in [0.5, 0.6) is 0 Å². The van der Waals surface area contributed by atoms with Gasteiger partial charge in [0.15, 0.2) is 5.82 Å². The summed E-state index contributed by atoms with van der Waals surface area (Å²) in [5, 5.41) is 3.05. The third-order valence-electron chi connectivity index (χ3n) is 2.53. The van der Waals surface area contributed by atoms with Gasteiger partial charge >= 0.3 is 0 Å². The second-order valence-corrected chi connectivity index (χ2v) is 3.96. The molecule has 0 atom stereocenters. The van der Waals surface area contributed by atoms with Crippen molar-refractivity contribution in [3.05, 3.63) is 22.7 Å². The lowest BCUT2D eigenvalue weighted by molar-refractivity contribution is 0.616. The van der Waals surface area contributed by atoms with Gasteiger partial charge in [0, 0.05) is 18.9 Å². The van der Waals surface area contributed by atoms with Crippen molar-refractivity contribution < 1.29 is 0 Å². The fraction of sp³-hybridized carbons (Fsp3) is 0.667. The molecule has 0 aliphatic carbocycles. The number of nitrogens with zero attached hydrogens (tertiary/aromatic N) is 1. The van der Waals surface area contributed by atoms with Crippen molar-refractivity contribution in [2.24, 2.45) is 0 Å². The van der Waals surface area contributed by atoms with E-state index in [0.717, 1.165) is 13.0 Å². The van der Waals surface area contributed by atoms with E-state index in [2.05, 4.69) is 22.2 Å². The van der Waals surface area contributed by atoms with Crippen LogP contribution in [-0.2, 0) is 0 Å². The number of unbranched alkanes of at least 4 members (excludes halogenated alkanes) is 5. The van der Waals surface area contributed by atoms with Crippen molar-refractivity contribution >= 4 is 5.82 Å². The smallest absolute Gasteiger partial charge is 0.290 e. The summed E-state index contributed by atoms with van der Waals surface area (Å²) in [6, 6.07) is 0. The molecular weight excluding hydrogens is 202 g/mol. The lowest BCUT2D eigenvalue weighted by Gasteiger charge is -2.03. The Balaban J connectivity index is 2.08. The molecule has 0 aromatic carbocycles. The summed E-state index contributed by atoms with van der Waals surface area (Å²) < 4.78 is 0. The fourth-order valence-electron chi connectivity index (χ4n) is 1.59. The molecule has 0 amide bonds. The summed E-state index contributed by atoms with van der Waals surface area (Å²) in [5.74, 6) is 0.427. The highest BCUT2D eigenvalue weighted by Crippen LogP contribution is 2.04. The molecule has 1 rings (SSSR count). The molecule has 4 nitrogen and oxygen atoms in total. The normalized spacial score (nSPS) is 10.3. The number of aromatic amines is 1. The molecule has 4 heteroatoms. The van der Waals surface area contributed by atoms with E-state index in [1.807, 2.05) is 0 Å². The molecule has 1 heterocycles. The second kappa shape index (κ2) is 7.91. The zero-order valence-electron chi connectivity index (χ0n) is 9.96. The predicted octanol–water partition coefficient (Wildman–Crippen LogP) is 2.54. The van der Waals surface area contributed by atoms with Gasteiger partial charge in [-0.3, -0.25) is 4.79 Å². The molecule has 90 valence electrons. The number of rotatable bonds is 8. The molecule has 0 radical (unpaired) electrons. The first-order valence-corrected chi connectivity index (χ1v) is 6.12. The summed E-state index contributed by atoms with van der Waals surface area (Å²) in [6.07, 6.45) is 10.7. The number of anilines is 1. The van der Waals surface area contributed by atoms with Gasteiger partial charge in [0.25, 0.3) is 5.56 Å². The van der Waals surface area contributed by atoms with E-state index in [1.54, 1.807) is 6.20 Å². The molecule has 0 aliphatic heterocycles. The first kappa shape index (κ1) is 12.7. The lowest BCUT2D eigenvalue weighted by atomic mass is 10.1. The van der Waals surface area contributed by atoms with Crippen LogP contribution in [0.4, 0.5) is 5.82 Å². The van der Waals surface area contributed by atoms with Crippen LogP contribution in [0.15, 0.2) is 17.2 Å². The Bertz CT molecular complexity index is 335. The maximum atomic E-state index is 11.2. The van der Waals surface area contributed by atoms with Gasteiger partial charge in [-0.25, -0.2) is 4.98 Å². The summed E-state index contributed by atoms with van der Waals surface area (Å²) in [6.45, 7) is 3.04. The summed E-state index contributed by atoms with van der Waals surface area (Å²) in [4.78, 5) is 17.8. The summed E-state index contributed by atoms with van der Waals surface area (Å²) >= 11 is 0. The monoisotopic (exact) mass is 223 g/mol. The second-order valence-electron chi connectivity index (χ2n) is 3.96. The van der Waals surface area contributed by atoms with Crippen LogP contribution in [0, 0.1) is 0 Å². The van der Waals surface area contributed by atoms with Gasteiger partial charge in [-0.1, -0.05) is 39.0 Å². The highest BCUT2D eigenvalue weighted by Gasteiger charge is 1.97. The van der Waals surface area contributed by atoms with Crippen LogP contribution in [-0.4, -0.2) is 16.5 Å². The van der Waals surface area contributed by atoms with Crippen LogP contribution in [0.3, 0.4) is 0 Å². The molecule has 0 spiro atoms. The topological polar surface area (TPSA) is 57.8 Å². The first-order chi connectivity index (χ1) is 7.84. The molecule has 0 saturated heterocycles.